The van der Waals surface area contributed by atoms with Crippen molar-refractivity contribution in [2.24, 2.45) is 0 Å². The Morgan fingerprint density at radius 2 is 2.11 bits per heavy atom. The Morgan fingerprint density at radius 1 is 1.39 bits per heavy atom. The van der Waals surface area contributed by atoms with Crippen molar-refractivity contribution in [3.8, 4) is 0 Å². The van der Waals surface area contributed by atoms with Crippen LogP contribution in [0.15, 0.2) is 35.1 Å². The largest absolute Gasteiger partial charge is 0.477 e. The van der Waals surface area contributed by atoms with E-state index in [-0.39, 0.29) is 17.9 Å². The first kappa shape index (κ1) is 12.3. The maximum absolute atomic E-state index is 11.3. The van der Waals surface area contributed by atoms with Gasteiger partial charge in [0.05, 0.1) is 0 Å². The molecule has 0 saturated carbocycles. The highest BCUT2D eigenvalue weighted by Crippen LogP contribution is 2.16. The van der Waals surface area contributed by atoms with Crippen LogP contribution in [0, 0.1) is 0 Å². The van der Waals surface area contributed by atoms with E-state index in [4.69, 9.17) is 16.7 Å². The summed E-state index contributed by atoms with van der Waals surface area (Å²) in [4.78, 5) is 28.4. The van der Waals surface area contributed by atoms with Gasteiger partial charge < -0.3 is 10.1 Å². The second kappa shape index (κ2) is 5.01. The van der Waals surface area contributed by atoms with Crippen LogP contribution in [0.4, 0.5) is 0 Å². The second-order valence-corrected chi connectivity index (χ2v) is 4.06. The first-order chi connectivity index (χ1) is 8.56. The van der Waals surface area contributed by atoms with E-state index in [1.165, 1.54) is 0 Å². The van der Waals surface area contributed by atoms with Crippen LogP contribution in [-0.4, -0.2) is 21.0 Å². The molecule has 1 aromatic heterocycles. The molecule has 5 nitrogen and oxygen atoms in total. The summed E-state index contributed by atoms with van der Waals surface area (Å²) in [6, 6.07) is 8.04. The summed E-state index contributed by atoms with van der Waals surface area (Å²) in [5, 5.41) is 9.36. The fourth-order valence-corrected chi connectivity index (χ4v) is 1.73. The predicted octanol–water partition coefficient (Wildman–Crippen LogP) is 1.71. The third-order valence-electron chi connectivity index (χ3n) is 2.33. The lowest BCUT2D eigenvalue weighted by atomic mass is 10.1. The Morgan fingerprint density at radius 3 is 2.78 bits per heavy atom. The topological polar surface area (TPSA) is 83.0 Å². The van der Waals surface area contributed by atoms with Crippen molar-refractivity contribution < 1.29 is 9.90 Å². The van der Waals surface area contributed by atoms with Crippen molar-refractivity contribution in [2.75, 3.05) is 0 Å². The lowest BCUT2D eigenvalue weighted by Crippen LogP contribution is -2.16. The lowest BCUT2D eigenvalue weighted by molar-refractivity contribution is 0.0689. The fourth-order valence-electron chi connectivity index (χ4n) is 1.52. The molecule has 92 valence electrons. The molecule has 2 rings (SSSR count). The molecule has 0 aliphatic rings. The maximum atomic E-state index is 11.3. The molecule has 0 aliphatic heterocycles. The van der Waals surface area contributed by atoms with Gasteiger partial charge in [0.1, 0.15) is 5.82 Å². The molecule has 0 spiro atoms. The number of halogens is 1. The monoisotopic (exact) mass is 264 g/mol. The molecule has 1 aromatic carbocycles. The highest BCUT2D eigenvalue weighted by molar-refractivity contribution is 6.31. The molecular weight excluding hydrogens is 256 g/mol. The predicted molar refractivity (Wildman–Crippen MR) is 66.1 cm³/mol. The number of nitrogens with zero attached hydrogens (tertiary/aromatic N) is 1. The number of nitrogens with one attached hydrogen (secondary N) is 1. The van der Waals surface area contributed by atoms with Crippen molar-refractivity contribution >= 4 is 17.6 Å². The van der Waals surface area contributed by atoms with Crippen LogP contribution >= 0.6 is 11.6 Å². The van der Waals surface area contributed by atoms with Crippen LogP contribution in [0.25, 0.3) is 0 Å². The standard InChI is InChI=1S/C12H9ClN2O3/c13-8-4-2-1-3-7(8)5-10-14-9(12(17)18)6-11(16)15-10/h1-4,6H,5H2,(H,17,18)(H,14,15,16). The molecule has 0 fully saturated rings. The van der Waals surface area contributed by atoms with Gasteiger partial charge in [0.2, 0.25) is 0 Å². The van der Waals surface area contributed by atoms with Crippen molar-refractivity contribution in [3.63, 3.8) is 0 Å². The van der Waals surface area contributed by atoms with Gasteiger partial charge in [-0.1, -0.05) is 29.8 Å². The fraction of sp³-hybridized carbons (Fsp3) is 0.0833. The minimum atomic E-state index is -1.23. The van der Waals surface area contributed by atoms with Crippen LogP contribution in [0.3, 0.4) is 0 Å². The van der Waals surface area contributed by atoms with E-state index in [2.05, 4.69) is 9.97 Å². The summed E-state index contributed by atoms with van der Waals surface area (Å²) in [5.41, 5.74) is -0.00453. The molecule has 0 unspecified atom stereocenters. The van der Waals surface area contributed by atoms with E-state index in [1.807, 2.05) is 0 Å². The molecule has 0 radical (unpaired) electrons. The molecule has 0 amide bonds. The quantitative estimate of drug-likeness (QED) is 0.884. The van der Waals surface area contributed by atoms with Crippen LogP contribution in [0.2, 0.25) is 5.02 Å². The summed E-state index contributed by atoms with van der Waals surface area (Å²) in [6.45, 7) is 0. The number of aromatic nitrogens is 2. The Balaban J connectivity index is 2.38. The van der Waals surface area contributed by atoms with Gasteiger partial charge in [0, 0.05) is 17.5 Å². The number of carbonyl (C=O) groups is 1. The molecule has 6 heteroatoms. The zero-order chi connectivity index (χ0) is 13.1. The molecule has 2 N–H and O–H groups in total. The highest BCUT2D eigenvalue weighted by Gasteiger charge is 2.09. The van der Waals surface area contributed by atoms with E-state index < -0.39 is 11.5 Å². The zero-order valence-electron chi connectivity index (χ0n) is 9.18. The Kier molecular flexibility index (Phi) is 3.43. The molecule has 1 heterocycles. The smallest absolute Gasteiger partial charge is 0.354 e. The van der Waals surface area contributed by atoms with Gasteiger partial charge in [0.25, 0.3) is 5.56 Å². The molecule has 0 bridgehead atoms. The van der Waals surface area contributed by atoms with Gasteiger partial charge in [-0.05, 0) is 11.6 Å². The molecule has 0 atom stereocenters. The number of aromatic carboxylic acids is 1. The van der Waals surface area contributed by atoms with E-state index in [0.29, 0.717) is 5.02 Å². The van der Waals surface area contributed by atoms with Crippen LogP contribution in [0.5, 0.6) is 0 Å². The first-order valence-electron chi connectivity index (χ1n) is 5.13. The van der Waals surface area contributed by atoms with Gasteiger partial charge in [0.15, 0.2) is 5.69 Å². The summed E-state index contributed by atoms with van der Waals surface area (Å²) in [7, 11) is 0. The number of carboxylic acids is 1. The van der Waals surface area contributed by atoms with Crippen molar-refractivity contribution in [3.05, 3.63) is 62.8 Å². The minimum Gasteiger partial charge on any atom is -0.477 e. The van der Waals surface area contributed by atoms with Gasteiger partial charge in [-0.3, -0.25) is 4.79 Å². The number of H-pyrrole nitrogens is 1. The number of benzene rings is 1. The van der Waals surface area contributed by atoms with E-state index in [0.717, 1.165) is 11.6 Å². The van der Waals surface area contributed by atoms with Crippen molar-refractivity contribution in [1.29, 1.82) is 0 Å². The summed E-state index contributed by atoms with van der Waals surface area (Å²) in [5.74, 6) is -0.963. The lowest BCUT2D eigenvalue weighted by Gasteiger charge is -2.04. The van der Waals surface area contributed by atoms with Crippen LogP contribution in [-0.2, 0) is 6.42 Å². The first-order valence-corrected chi connectivity index (χ1v) is 5.51. The normalized spacial score (nSPS) is 10.3. The average molecular weight is 265 g/mol. The van der Waals surface area contributed by atoms with E-state index in [1.54, 1.807) is 24.3 Å². The van der Waals surface area contributed by atoms with Gasteiger partial charge >= 0.3 is 5.97 Å². The Bertz CT molecular complexity index is 652. The number of carboxylic acid groups (broad SMARTS) is 1. The van der Waals surface area contributed by atoms with Gasteiger partial charge in [-0.25, -0.2) is 9.78 Å². The SMILES string of the molecule is O=C(O)c1cc(=O)[nH]c(Cc2ccccc2Cl)n1. The third kappa shape index (κ3) is 2.75. The summed E-state index contributed by atoms with van der Waals surface area (Å²) < 4.78 is 0. The third-order valence-corrected chi connectivity index (χ3v) is 2.69. The average Bonchev–Trinajstić information content (AvgIpc) is 2.31. The number of rotatable bonds is 3. The highest BCUT2D eigenvalue weighted by atomic mass is 35.5. The molecule has 18 heavy (non-hydrogen) atoms. The number of aromatic amines is 1. The number of hydrogen-bond donors (Lipinski definition) is 2. The summed E-state index contributed by atoms with van der Waals surface area (Å²) >= 11 is 5.98. The van der Waals surface area contributed by atoms with E-state index >= 15 is 0 Å². The minimum absolute atomic E-state index is 0.271. The Labute approximate surface area is 107 Å². The van der Waals surface area contributed by atoms with Crippen molar-refractivity contribution in [1.82, 2.24) is 9.97 Å². The second-order valence-electron chi connectivity index (χ2n) is 3.65. The van der Waals surface area contributed by atoms with Crippen LogP contribution < -0.4 is 5.56 Å². The summed E-state index contributed by atoms with van der Waals surface area (Å²) in [6.07, 6.45) is 0.274. The maximum Gasteiger partial charge on any atom is 0.354 e. The van der Waals surface area contributed by atoms with Crippen molar-refractivity contribution in [2.45, 2.75) is 6.42 Å². The molecule has 0 aliphatic carbocycles. The molecule has 2 aromatic rings. The Hall–Kier alpha value is -2.14. The van der Waals surface area contributed by atoms with Gasteiger partial charge in [-0.15, -0.1) is 0 Å². The molecule has 0 saturated heterocycles. The number of hydrogen-bond acceptors (Lipinski definition) is 3. The van der Waals surface area contributed by atoms with Crippen LogP contribution in [0.1, 0.15) is 21.9 Å². The van der Waals surface area contributed by atoms with Gasteiger partial charge in [-0.2, -0.15) is 0 Å². The van der Waals surface area contributed by atoms with E-state index in [9.17, 15) is 9.59 Å². The molecular formula is C12H9ClN2O3. The zero-order valence-corrected chi connectivity index (χ0v) is 9.94.